The largest absolute Gasteiger partial charge is 0.394 e. The Balaban J connectivity index is 3.56. The van der Waals surface area contributed by atoms with E-state index in [2.05, 4.69) is 43.5 Å². The molecule has 0 aromatic heterocycles. The third kappa shape index (κ3) is 45.7. The first-order valence-corrected chi connectivity index (χ1v) is 26.2. The predicted molar refractivity (Wildman–Crippen MR) is 258 cm³/mol. The number of carbonyl (C=O) groups is 1. The second-order valence-corrected chi connectivity index (χ2v) is 17.9. The Morgan fingerprint density at radius 2 is 0.672 bits per heavy atom. The normalized spacial score (nSPS) is 13.1. The fourth-order valence-corrected chi connectivity index (χ4v) is 8.10. The molecule has 342 valence electrons. The highest BCUT2D eigenvalue weighted by molar-refractivity contribution is 5.76. The Morgan fingerprint density at radius 1 is 0.397 bits per heavy atom. The van der Waals surface area contributed by atoms with Crippen molar-refractivity contribution >= 4 is 5.91 Å². The lowest BCUT2D eigenvalue weighted by Crippen LogP contribution is -2.45. The standard InChI is InChI=1S/C54H103NO3/c1-3-5-7-9-11-13-15-17-19-21-23-25-27-28-29-31-33-35-37-39-41-43-45-47-49-53(57)52(51-56)55-54(58)50-48-46-44-42-40-38-36-34-32-30-26-24-22-20-18-16-14-12-10-8-6-4-2/h31,33,39,41,47,49,52-53,56-57H,3-30,32,34-38,40,42-46,48,50-51H2,1-2H3,(H,55,58)/b33-31+,41-39+,49-47+. The summed E-state index contributed by atoms with van der Waals surface area (Å²) in [4.78, 5) is 12.4. The van der Waals surface area contributed by atoms with Gasteiger partial charge in [0.25, 0.3) is 0 Å². The van der Waals surface area contributed by atoms with Gasteiger partial charge in [-0.15, -0.1) is 0 Å². The van der Waals surface area contributed by atoms with E-state index in [9.17, 15) is 15.0 Å². The van der Waals surface area contributed by atoms with Crippen molar-refractivity contribution in [1.29, 1.82) is 0 Å². The number of nitrogens with one attached hydrogen (secondary N) is 1. The quantitative estimate of drug-likeness (QED) is 0.0423. The van der Waals surface area contributed by atoms with Gasteiger partial charge < -0.3 is 15.5 Å². The number of aliphatic hydroxyl groups excluding tert-OH is 2. The van der Waals surface area contributed by atoms with Crippen molar-refractivity contribution in [3.63, 3.8) is 0 Å². The number of allylic oxidation sites excluding steroid dienone is 5. The van der Waals surface area contributed by atoms with Gasteiger partial charge in [-0.05, 0) is 44.9 Å². The lowest BCUT2D eigenvalue weighted by Gasteiger charge is -2.19. The van der Waals surface area contributed by atoms with Gasteiger partial charge in [0.1, 0.15) is 0 Å². The molecule has 0 aliphatic heterocycles. The number of aliphatic hydroxyl groups is 2. The molecule has 2 unspecified atom stereocenters. The number of hydrogen-bond acceptors (Lipinski definition) is 3. The second kappa shape index (κ2) is 50.0. The molecule has 4 nitrogen and oxygen atoms in total. The highest BCUT2D eigenvalue weighted by Crippen LogP contribution is 2.17. The number of unbranched alkanes of at least 4 members (excludes halogenated alkanes) is 37. The molecule has 0 heterocycles. The van der Waals surface area contributed by atoms with Crippen LogP contribution < -0.4 is 5.32 Å². The van der Waals surface area contributed by atoms with Crippen LogP contribution in [0, 0.1) is 0 Å². The average molecular weight is 814 g/mol. The average Bonchev–Trinajstić information content (AvgIpc) is 3.23. The van der Waals surface area contributed by atoms with Gasteiger partial charge in [0.15, 0.2) is 0 Å². The lowest BCUT2D eigenvalue weighted by atomic mass is 10.0. The summed E-state index contributed by atoms with van der Waals surface area (Å²) in [6, 6.07) is -0.643. The summed E-state index contributed by atoms with van der Waals surface area (Å²) in [6.45, 7) is 4.32. The van der Waals surface area contributed by atoms with Crippen molar-refractivity contribution in [3.8, 4) is 0 Å². The molecule has 0 bridgehead atoms. The summed E-state index contributed by atoms with van der Waals surface area (Å²) in [5.74, 6) is -0.0729. The molecule has 0 rings (SSSR count). The topological polar surface area (TPSA) is 69.6 Å². The van der Waals surface area contributed by atoms with Gasteiger partial charge in [-0.3, -0.25) is 4.79 Å². The smallest absolute Gasteiger partial charge is 0.220 e. The first-order valence-electron chi connectivity index (χ1n) is 26.2. The molecule has 0 fully saturated rings. The maximum Gasteiger partial charge on any atom is 0.220 e. The summed E-state index contributed by atoms with van der Waals surface area (Å²) in [7, 11) is 0. The van der Waals surface area contributed by atoms with Gasteiger partial charge in [0, 0.05) is 6.42 Å². The van der Waals surface area contributed by atoms with E-state index in [0.29, 0.717) is 6.42 Å². The molecule has 1 amide bonds. The first kappa shape index (κ1) is 56.6. The molecule has 58 heavy (non-hydrogen) atoms. The van der Waals surface area contributed by atoms with Crippen LogP contribution in [0.5, 0.6) is 0 Å². The zero-order valence-corrected chi connectivity index (χ0v) is 39.3. The Hall–Kier alpha value is -1.39. The Labute approximate surface area is 363 Å². The summed E-state index contributed by atoms with van der Waals surface area (Å²) < 4.78 is 0. The zero-order valence-electron chi connectivity index (χ0n) is 39.3. The van der Waals surface area contributed by atoms with Crippen molar-refractivity contribution < 1.29 is 15.0 Å². The van der Waals surface area contributed by atoms with Crippen LogP contribution in [-0.2, 0) is 4.79 Å². The Kier molecular flexibility index (Phi) is 48.8. The highest BCUT2D eigenvalue weighted by atomic mass is 16.3. The summed E-state index contributed by atoms with van der Waals surface area (Å²) in [5, 5.41) is 23.1. The van der Waals surface area contributed by atoms with E-state index in [1.54, 1.807) is 6.08 Å². The van der Waals surface area contributed by atoms with Gasteiger partial charge in [-0.2, -0.15) is 0 Å². The zero-order chi connectivity index (χ0) is 42.1. The maximum atomic E-state index is 12.4. The molecule has 0 radical (unpaired) electrons. The molecule has 3 N–H and O–H groups in total. The minimum Gasteiger partial charge on any atom is -0.394 e. The van der Waals surface area contributed by atoms with Gasteiger partial charge >= 0.3 is 0 Å². The van der Waals surface area contributed by atoms with Crippen LogP contribution in [-0.4, -0.2) is 34.9 Å². The number of carbonyl (C=O) groups excluding carboxylic acids is 1. The van der Waals surface area contributed by atoms with E-state index in [1.807, 2.05) is 6.08 Å². The Morgan fingerprint density at radius 3 is 1.00 bits per heavy atom. The predicted octanol–water partition coefficient (Wildman–Crippen LogP) is 16.9. The number of hydrogen-bond donors (Lipinski definition) is 3. The maximum absolute atomic E-state index is 12.4. The summed E-state index contributed by atoms with van der Waals surface area (Å²) in [6.07, 6.45) is 67.2. The van der Waals surface area contributed by atoms with Crippen molar-refractivity contribution in [1.82, 2.24) is 5.32 Å². The van der Waals surface area contributed by atoms with Gasteiger partial charge in [-0.25, -0.2) is 0 Å². The highest BCUT2D eigenvalue weighted by Gasteiger charge is 2.17. The molecule has 0 aromatic carbocycles. The SMILES string of the molecule is CCCCCCCCCCCCCCCC/C=C/CC/C=C/CC/C=C/C(O)C(CO)NC(=O)CCCCCCCCCCCCCCCCCCCCCCCC. The van der Waals surface area contributed by atoms with Crippen LogP contribution >= 0.6 is 0 Å². The van der Waals surface area contributed by atoms with E-state index >= 15 is 0 Å². The van der Waals surface area contributed by atoms with Crippen LogP contribution in [0.4, 0.5) is 0 Å². The van der Waals surface area contributed by atoms with Crippen LogP contribution in [0.1, 0.15) is 284 Å². The summed E-state index contributed by atoms with van der Waals surface area (Å²) in [5.41, 5.74) is 0. The molecule has 0 aliphatic rings. The van der Waals surface area contributed by atoms with Gasteiger partial charge in [0.05, 0.1) is 18.8 Å². The molecule has 0 spiro atoms. The van der Waals surface area contributed by atoms with Crippen molar-refractivity contribution in [3.05, 3.63) is 36.5 Å². The third-order valence-corrected chi connectivity index (χ3v) is 12.1. The molecule has 0 aliphatic carbocycles. The minimum absolute atomic E-state index is 0.0729. The number of rotatable bonds is 48. The molecule has 0 saturated carbocycles. The van der Waals surface area contributed by atoms with Crippen molar-refractivity contribution in [2.45, 2.75) is 296 Å². The van der Waals surface area contributed by atoms with Crippen molar-refractivity contribution in [2.75, 3.05) is 6.61 Å². The van der Waals surface area contributed by atoms with Crippen LogP contribution in [0.15, 0.2) is 36.5 Å². The van der Waals surface area contributed by atoms with E-state index in [-0.39, 0.29) is 12.5 Å². The lowest BCUT2D eigenvalue weighted by molar-refractivity contribution is -0.123. The fourth-order valence-electron chi connectivity index (χ4n) is 8.10. The minimum atomic E-state index is -0.868. The molecule has 2 atom stereocenters. The van der Waals surface area contributed by atoms with Crippen molar-refractivity contribution in [2.24, 2.45) is 0 Å². The third-order valence-electron chi connectivity index (χ3n) is 12.1. The van der Waals surface area contributed by atoms with Gasteiger partial charge in [0.2, 0.25) is 5.91 Å². The van der Waals surface area contributed by atoms with E-state index < -0.39 is 12.1 Å². The van der Waals surface area contributed by atoms with Gasteiger partial charge in [-0.1, -0.05) is 269 Å². The molecule has 4 heteroatoms. The monoisotopic (exact) mass is 814 g/mol. The Bertz CT molecular complexity index is 882. The van der Waals surface area contributed by atoms with Crippen LogP contribution in [0.2, 0.25) is 0 Å². The molecule has 0 aromatic rings. The molecule has 0 saturated heterocycles. The second-order valence-electron chi connectivity index (χ2n) is 17.9. The first-order chi connectivity index (χ1) is 28.7. The molecular formula is C54H103NO3. The van der Waals surface area contributed by atoms with E-state index in [4.69, 9.17) is 0 Å². The van der Waals surface area contributed by atoms with Crippen LogP contribution in [0.25, 0.3) is 0 Å². The van der Waals surface area contributed by atoms with Crippen LogP contribution in [0.3, 0.4) is 0 Å². The summed E-state index contributed by atoms with van der Waals surface area (Å²) >= 11 is 0. The molecular weight excluding hydrogens is 711 g/mol. The van der Waals surface area contributed by atoms with E-state index in [0.717, 1.165) is 38.5 Å². The fraction of sp³-hybridized carbons (Fsp3) is 0.870. The van der Waals surface area contributed by atoms with E-state index in [1.165, 1.54) is 225 Å². The number of amides is 1.